The number of benzene rings is 1. The molecule has 0 radical (unpaired) electrons. The minimum absolute atomic E-state index is 0.0250. The Morgan fingerprint density at radius 1 is 1.06 bits per heavy atom. The van der Waals surface area contributed by atoms with Crippen LogP contribution in [0.3, 0.4) is 0 Å². The van der Waals surface area contributed by atoms with Crippen LogP contribution in [0, 0.1) is 13.8 Å². The first-order valence-corrected chi connectivity index (χ1v) is 6.30. The summed E-state index contributed by atoms with van der Waals surface area (Å²) in [6.07, 6.45) is -0.109. The van der Waals surface area contributed by atoms with Gasteiger partial charge in [-0.2, -0.15) is 0 Å². The molecule has 1 rings (SSSR count). The van der Waals surface area contributed by atoms with Gasteiger partial charge in [-0.15, -0.1) is 0 Å². The Hall–Kier alpha value is -1.51. The van der Waals surface area contributed by atoms with Crippen molar-refractivity contribution in [1.29, 1.82) is 0 Å². The number of carbonyl (C=O) groups excluding carboxylic acids is 1. The first-order valence-electron chi connectivity index (χ1n) is 6.30. The quantitative estimate of drug-likeness (QED) is 0.765. The van der Waals surface area contributed by atoms with Crippen LogP contribution in [0.2, 0.25) is 0 Å². The standard InChI is InChI=1S/C15H22O3/c1-9(2)17-14-12(6)7-11(5)8-13(14)15(16)18-10(3)4/h7-10H,1-6H3. The van der Waals surface area contributed by atoms with Crippen LogP contribution in [-0.2, 0) is 4.74 Å². The summed E-state index contributed by atoms with van der Waals surface area (Å²) < 4.78 is 11.0. The highest BCUT2D eigenvalue weighted by Crippen LogP contribution is 2.27. The molecule has 0 unspecified atom stereocenters. The summed E-state index contributed by atoms with van der Waals surface area (Å²) in [4.78, 5) is 12.1. The van der Waals surface area contributed by atoms with Gasteiger partial charge >= 0.3 is 5.97 Å². The number of aryl methyl sites for hydroxylation is 2. The SMILES string of the molecule is Cc1cc(C)c(OC(C)C)c(C(=O)OC(C)C)c1. The van der Waals surface area contributed by atoms with Crippen LogP contribution < -0.4 is 4.74 Å². The number of rotatable bonds is 4. The molecule has 0 bridgehead atoms. The van der Waals surface area contributed by atoms with Crippen LogP contribution in [0.15, 0.2) is 12.1 Å². The lowest BCUT2D eigenvalue weighted by molar-refractivity contribution is 0.0371. The summed E-state index contributed by atoms with van der Waals surface area (Å²) in [5.41, 5.74) is 2.49. The molecule has 0 fully saturated rings. The Morgan fingerprint density at radius 3 is 2.17 bits per heavy atom. The number of hydrogen-bond acceptors (Lipinski definition) is 3. The van der Waals surface area contributed by atoms with Gasteiger partial charge in [0.1, 0.15) is 11.3 Å². The van der Waals surface area contributed by atoms with Gasteiger partial charge in [-0.3, -0.25) is 0 Å². The zero-order chi connectivity index (χ0) is 13.9. The average Bonchev–Trinajstić information content (AvgIpc) is 2.20. The topological polar surface area (TPSA) is 35.5 Å². The Kier molecular flexibility index (Phi) is 4.76. The maximum atomic E-state index is 12.1. The van der Waals surface area contributed by atoms with E-state index < -0.39 is 0 Å². The molecule has 0 aromatic heterocycles. The predicted octanol–water partition coefficient (Wildman–Crippen LogP) is 3.66. The highest BCUT2D eigenvalue weighted by molar-refractivity contribution is 5.93. The fraction of sp³-hybridized carbons (Fsp3) is 0.533. The number of ether oxygens (including phenoxy) is 2. The molecule has 0 heterocycles. The lowest BCUT2D eigenvalue weighted by Crippen LogP contribution is -2.16. The Bertz CT molecular complexity index is 434. The molecule has 18 heavy (non-hydrogen) atoms. The monoisotopic (exact) mass is 250 g/mol. The number of hydrogen-bond donors (Lipinski definition) is 0. The largest absolute Gasteiger partial charge is 0.490 e. The van der Waals surface area contributed by atoms with Crippen LogP contribution in [0.25, 0.3) is 0 Å². The van der Waals surface area contributed by atoms with E-state index in [1.54, 1.807) is 0 Å². The lowest BCUT2D eigenvalue weighted by atomic mass is 10.1. The van der Waals surface area contributed by atoms with Crippen LogP contribution in [0.5, 0.6) is 5.75 Å². The zero-order valence-electron chi connectivity index (χ0n) is 12.0. The molecule has 3 heteroatoms. The van der Waals surface area contributed by atoms with Crippen LogP contribution in [0.4, 0.5) is 0 Å². The maximum absolute atomic E-state index is 12.1. The molecule has 0 spiro atoms. The summed E-state index contributed by atoms with van der Waals surface area (Å²) >= 11 is 0. The van der Waals surface area contributed by atoms with Crippen LogP contribution in [0.1, 0.15) is 49.2 Å². The Balaban J connectivity index is 3.18. The minimum atomic E-state index is -0.326. The van der Waals surface area contributed by atoms with Gasteiger partial charge in [-0.25, -0.2) is 4.79 Å². The fourth-order valence-corrected chi connectivity index (χ4v) is 1.78. The van der Waals surface area contributed by atoms with E-state index in [-0.39, 0.29) is 18.2 Å². The molecule has 1 aromatic carbocycles. The van der Waals surface area contributed by atoms with Crippen LogP contribution >= 0.6 is 0 Å². The maximum Gasteiger partial charge on any atom is 0.342 e. The van der Waals surface area contributed by atoms with E-state index in [9.17, 15) is 4.79 Å². The Labute approximate surface area is 109 Å². The lowest BCUT2D eigenvalue weighted by Gasteiger charge is -2.17. The van der Waals surface area contributed by atoms with Gasteiger partial charge in [0.25, 0.3) is 0 Å². The molecule has 1 aromatic rings. The molecule has 3 nitrogen and oxygen atoms in total. The highest BCUT2D eigenvalue weighted by atomic mass is 16.5. The molecule has 0 aliphatic heterocycles. The fourth-order valence-electron chi connectivity index (χ4n) is 1.78. The van der Waals surface area contributed by atoms with E-state index in [4.69, 9.17) is 9.47 Å². The molecule has 0 amide bonds. The van der Waals surface area contributed by atoms with E-state index in [1.807, 2.05) is 53.7 Å². The van der Waals surface area contributed by atoms with Gasteiger partial charge in [-0.1, -0.05) is 6.07 Å². The van der Waals surface area contributed by atoms with E-state index in [0.29, 0.717) is 11.3 Å². The summed E-state index contributed by atoms with van der Waals surface area (Å²) in [6, 6.07) is 3.82. The predicted molar refractivity (Wildman–Crippen MR) is 72.2 cm³/mol. The van der Waals surface area contributed by atoms with Crippen molar-refractivity contribution in [2.24, 2.45) is 0 Å². The van der Waals surface area contributed by atoms with Gasteiger partial charge < -0.3 is 9.47 Å². The molecule has 0 saturated heterocycles. The van der Waals surface area contributed by atoms with E-state index in [2.05, 4.69) is 0 Å². The summed E-state index contributed by atoms with van der Waals surface area (Å²) in [7, 11) is 0. The van der Waals surface area contributed by atoms with Crippen molar-refractivity contribution in [1.82, 2.24) is 0 Å². The number of carbonyl (C=O) groups is 1. The molecule has 100 valence electrons. The van der Waals surface area contributed by atoms with Crippen LogP contribution in [-0.4, -0.2) is 18.2 Å². The van der Waals surface area contributed by atoms with Gasteiger partial charge in [0, 0.05) is 0 Å². The van der Waals surface area contributed by atoms with Crippen molar-refractivity contribution in [3.63, 3.8) is 0 Å². The molecule has 0 atom stereocenters. The normalized spacial score (nSPS) is 10.9. The third-order valence-corrected chi connectivity index (χ3v) is 2.34. The smallest absolute Gasteiger partial charge is 0.342 e. The molecule has 0 aliphatic rings. The van der Waals surface area contributed by atoms with Crippen molar-refractivity contribution in [2.75, 3.05) is 0 Å². The zero-order valence-corrected chi connectivity index (χ0v) is 12.0. The molecular weight excluding hydrogens is 228 g/mol. The summed E-state index contributed by atoms with van der Waals surface area (Å²) in [6.45, 7) is 11.5. The molecule has 0 N–H and O–H groups in total. The molecular formula is C15H22O3. The van der Waals surface area contributed by atoms with Gasteiger partial charge in [-0.05, 0) is 58.7 Å². The first kappa shape index (κ1) is 14.6. The van der Waals surface area contributed by atoms with Crippen molar-refractivity contribution < 1.29 is 14.3 Å². The van der Waals surface area contributed by atoms with Gasteiger partial charge in [0.15, 0.2) is 0 Å². The third-order valence-electron chi connectivity index (χ3n) is 2.34. The van der Waals surface area contributed by atoms with Gasteiger partial charge in [0.2, 0.25) is 0 Å². The van der Waals surface area contributed by atoms with Crippen molar-refractivity contribution >= 4 is 5.97 Å². The van der Waals surface area contributed by atoms with Gasteiger partial charge in [0.05, 0.1) is 12.2 Å². The minimum Gasteiger partial charge on any atom is -0.490 e. The first-order chi connectivity index (χ1) is 8.31. The highest BCUT2D eigenvalue weighted by Gasteiger charge is 2.18. The van der Waals surface area contributed by atoms with E-state index in [0.717, 1.165) is 11.1 Å². The summed E-state index contributed by atoms with van der Waals surface area (Å²) in [5.74, 6) is 0.300. The second-order valence-corrected chi connectivity index (χ2v) is 5.08. The Morgan fingerprint density at radius 2 is 1.67 bits per heavy atom. The van der Waals surface area contributed by atoms with E-state index >= 15 is 0 Å². The van der Waals surface area contributed by atoms with E-state index in [1.165, 1.54) is 0 Å². The summed E-state index contributed by atoms with van der Waals surface area (Å²) in [5, 5.41) is 0. The third kappa shape index (κ3) is 3.76. The second-order valence-electron chi connectivity index (χ2n) is 5.08. The van der Waals surface area contributed by atoms with Crippen molar-refractivity contribution in [2.45, 2.75) is 53.8 Å². The average molecular weight is 250 g/mol. The number of esters is 1. The van der Waals surface area contributed by atoms with Crippen molar-refractivity contribution in [3.05, 3.63) is 28.8 Å². The molecule has 0 saturated carbocycles. The molecule has 0 aliphatic carbocycles. The van der Waals surface area contributed by atoms with Crippen molar-refractivity contribution in [3.8, 4) is 5.75 Å². The second kappa shape index (κ2) is 5.89.